The summed E-state index contributed by atoms with van der Waals surface area (Å²) in [6.45, 7) is 7.98. The van der Waals surface area contributed by atoms with E-state index in [0.29, 0.717) is 24.6 Å². The molecule has 4 heteroatoms. The zero-order valence-corrected chi connectivity index (χ0v) is 11.9. The second-order valence-corrected chi connectivity index (χ2v) is 5.14. The Bertz CT molecular complexity index is 375. The van der Waals surface area contributed by atoms with E-state index >= 15 is 0 Å². The van der Waals surface area contributed by atoms with Crippen molar-refractivity contribution in [3.8, 4) is 0 Å². The van der Waals surface area contributed by atoms with Crippen LogP contribution in [0, 0.1) is 11.6 Å². The number of aliphatic hydroxyl groups is 1. The Labute approximate surface area is 114 Å². The average Bonchev–Trinajstić information content (AvgIpc) is 2.32. The van der Waals surface area contributed by atoms with Crippen molar-refractivity contribution in [2.45, 2.75) is 45.8 Å². The third-order valence-electron chi connectivity index (χ3n) is 3.20. The number of hydrogen-bond acceptors (Lipinski definition) is 2. The van der Waals surface area contributed by atoms with E-state index in [0.717, 1.165) is 19.0 Å². The van der Waals surface area contributed by atoms with Crippen molar-refractivity contribution in [1.82, 2.24) is 4.90 Å². The maximum absolute atomic E-state index is 13.1. The first-order valence-corrected chi connectivity index (χ1v) is 6.82. The lowest BCUT2D eigenvalue weighted by Crippen LogP contribution is -2.33. The van der Waals surface area contributed by atoms with Gasteiger partial charge in [-0.3, -0.25) is 0 Å². The van der Waals surface area contributed by atoms with Gasteiger partial charge in [-0.1, -0.05) is 6.92 Å². The third-order valence-corrected chi connectivity index (χ3v) is 3.20. The van der Waals surface area contributed by atoms with Gasteiger partial charge in [-0.15, -0.1) is 0 Å². The Morgan fingerprint density at radius 3 is 2.16 bits per heavy atom. The maximum Gasteiger partial charge on any atom is 0.126 e. The van der Waals surface area contributed by atoms with E-state index in [4.69, 9.17) is 0 Å². The Kier molecular flexibility index (Phi) is 6.38. The van der Waals surface area contributed by atoms with Crippen LogP contribution in [0.2, 0.25) is 0 Å². The molecule has 0 saturated heterocycles. The Morgan fingerprint density at radius 1 is 1.11 bits per heavy atom. The molecule has 0 aliphatic rings. The van der Waals surface area contributed by atoms with Crippen molar-refractivity contribution >= 4 is 0 Å². The predicted molar refractivity (Wildman–Crippen MR) is 72.9 cm³/mol. The fourth-order valence-corrected chi connectivity index (χ4v) is 2.14. The third kappa shape index (κ3) is 5.25. The highest BCUT2D eigenvalue weighted by atomic mass is 19.1. The lowest BCUT2D eigenvalue weighted by molar-refractivity contribution is 0.129. The van der Waals surface area contributed by atoms with Gasteiger partial charge in [0.1, 0.15) is 11.6 Å². The first kappa shape index (κ1) is 16.1. The van der Waals surface area contributed by atoms with Crippen LogP contribution in [0.3, 0.4) is 0 Å². The minimum absolute atomic E-state index is 0.303. The molecular weight excluding hydrogens is 248 g/mol. The molecule has 0 aliphatic carbocycles. The molecule has 0 aliphatic heterocycles. The molecule has 1 aromatic carbocycles. The lowest BCUT2D eigenvalue weighted by Gasteiger charge is -2.27. The molecule has 0 amide bonds. The van der Waals surface area contributed by atoms with Crippen molar-refractivity contribution in [3.63, 3.8) is 0 Å². The largest absolute Gasteiger partial charge is 0.388 e. The van der Waals surface area contributed by atoms with Gasteiger partial charge in [0.2, 0.25) is 0 Å². The van der Waals surface area contributed by atoms with Crippen LogP contribution in [-0.2, 0) is 0 Å². The minimum Gasteiger partial charge on any atom is -0.388 e. The van der Waals surface area contributed by atoms with Crippen molar-refractivity contribution < 1.29 is 13.9 Å². The van der Waals surface area contributed by atoms with Crippen LogP contribution in [0.1, 0.15) is 45.3 Å². The van der Waals surface area contributed by atoms with E-state index in [2.05, 4.69) is 25.7 Å². The van der Waals surface area contributed by atoms with Crippen molar-refractivity contribution in [3.05, 3.63) is 35.4 Å². The summed E-state index contributed by atoms with van der Waals surface area (Å²) in [7, 11) is 0. The minimum atomic E-state index is -0.830. The molecule has 0 fully saturated rings. The fourth-order valence-electron chi connectivity index (χ4n) is 2.14. The zero-order chi connectivity index (χ0) is 14.4. The normalized spacial score (nSPS) is 13.3. The molecule has 0 spiro atoms. The number of hydrogen-bond donors (Lipinski definition) is 1. The number of rotatable bonds is 7. The summed E-state index contributed by atoms with van der Waals surface area (Å²) >= 11 is 0. The topological polar surface area (TPSA) is 23.5 Å². The standard InChI is InChI=1S/C15H23F2NO/c1-4-6-18(11(2)3)7-5-15(19)12-8-13(16)10-14(17)9-12/h8-11,15,19H,4-7H2,1-3H3. The summed E-state index contributed by atoms with van der Waals surface area (Å²) in [5, 5.41) is 10.0. The first-order valence-electron chi connectivity index (χ1n) is 6.82. The summed E-state index contributed by atoms with van der Waals surface area (Å²) in [6, 6.07) is 3.59. The molecule has 0 aromatic heterocycles. The SMILES string of the molecule is CCCN(CCC(O)c1cc(F)cc(F)c1)C(C)C. The molecule has 1 aromatic rings. The maximum atomic E-state index is 13.1. The van der Waals surface area contributed by atoms with Crippen LogP contribution in [0.15, 0.2) is 18.2 Å². The lowest BCUT2D eigenvalue weighted by atomic mass is 10.1. The number of benzene rings is 1. The van der Waals surface area contributed by atoms with E-state index < -0.39 is 17.7 Å². The van der Waals surface area contributed by atoms with Gasteiger partial charge in [0, 0.05) is 18.7 Å². The Morgan fingerprint density at radius 2 is 1.68 bits per heavy atom. The molecule has 2 nitrogen and oxygen atoms in total. The van der Waals surface area contributed by atoms with E-state index in [9.17, 15) is 13.9 Å². The molecule has 0 saturated carbocycles. The molecule has 1 rings (SSSR count). The summed E-state index contributed by atoms with van der Waals surface area (Å²) in [5.74, 6) is -1.30. The van der Waals surface area contributed by atoms with Crippen LogP contribution < -0.4 is 0 Å². The summed E-state index contributed by atoms with van der Waals surface area (Å²) in [4.78, 5) is 2.25. The van der Waals surface area contributed by atoms with Crippen LogP contribution >= 0.6 is 0 Å². The molecule has 0 radical (unpaired) electrons. The van der Waals surface area contributed by atoms with Gasteiger partial charge >= 0.3 is 0 Å². The van der Waals surface area contributed by atoms with Gasteiger partial charge < -0.3 is 10.0 Å². The molecule has 1 N–H and O–H groups in total. The smallest absolute Gasteiger partial charge is 0.126 e. The molecule has 0 bridgehead atoms. The molecule has 108 valence electrons. The second-order valence-electron chi connectivity index (χ2n) is 5.14. The molecular formula is C15H23F2NO. The van der Waals surface area contributed by atoms with Crippen LogP contribution in [0.5, 0.6) is 0 Å². The van der Waals surface area contributed by atoms with Crippen LogP contribution in [0.4, 0.5) is 8.78 Å². The fraction of sp³-hybridized carbons (Fsp3) is 0.600. The second kappa shape index (κ2) is 7.56. The van der Waals surface area contributed by atoms with E-state index in [1.807, 2.05) is 0 Å². The van der Waals surface area contributed by atoms with E-state index in [-0.39, 0.29) is 0 Å². The summed E-state index contributed by atoms with van der Waals surface area (Å²) in [6.07, 6.45) is 0.688. The van der Waals surface area contributed by atoms with Gasteiger partial charge in [0.15, 0.2) is 0 Å². The molecule has 0 heterocycles. The molecule has 1 atom stereocenters. The molecule has 1 unspecified atom stereocenters. The average molecular weight is 271 g/mol. The number of halogens is 2. The highest BCUT2D eigenvalue weighted by Crippen LogP contribution is 2.20. The summed E-state index contributed by atoms with van der Waals surface area (Å²) in [5.41, 5.74) is 0.303. The monoisotopic (exact) mass is 271 g/mol. The Balaban J connectivity index is 2.60. The zero-order valence-electron chi connectivity index (χ0n) is 11.9. The molecule has 19 heavy (non-hydrogen) atoms. The number of aliphatic hydroxyl groups excluding tert-OH is 1. The van der Waals surface area contributed by atoms with Crippen LogP contribution in [-0.4, -0.2) is 29.1 Å². The van der Waals surface area contributed by atoms with Crippen LogP contribution in [0.25, 0.3) is 0 Å². The van der Waals surface area contributed by atoms with Gasteiger partial charge in [-0.25, -0.2) is 8.78 Å². The van der Waals surface area contributed by atoms with Gasteiger partial charge in [-0.2, -0.15) is 0 Å². The first-order chi connectivity index (χ1) is 8.93. The summed E-state index contributed by atoms with van der Waals surface area (Å²) < 4.78 is 26.1. The van der Waals surface area contributed by atoms with Gasteiger partial charge in [0.25, 0.3) is 0 Å². The van der Waals surface area contributed by atoms with Gasteiger partial charge in [0.05, 0.1) is 6.10 Å². The predicted octanol–water partition coefficient (Wildman–Crippen LogP) is 3.51. The van der Waals surface area contributed by atoms with Crippen molar-refractivity contribution in [2.24, 2.45) is 0 Å². The Hall–Kier alpha value is -1.00. The van der Waals surface area contributed by atoms with Crippen molar-refractivity contribution in [1.29, 1.82) is 0 Å². The highest BCUT2D eigenvalue weighted by molar-refractivity contribution is 5.20. The van der Waals surface area contributed by atoms with E-state index in [1.165, 1.54) is 12.1 Å². The number of nitrogens with zero attached hydrogens (tertiary/aromatic N) is 1. The highest BCUT2D eigenvalue weighted by Gasteiger charge is 2.14. The van der Waals surface area contributed by atoms with Crippen molar-refractivity contribution in [2.75, 3.05) is 13.1 Å². The quantitative estimate of drug-likeness (QED) is 0.820. The van der Waals surface area contributed by atoms with Gasteiger partial charge in [-0.05, 0) is 50.9 Å². The van der Waals surface area contributed by atoms with E-state index in [1.54, 1.807) is 0 Å².